The Bertz CT molecular complexity index is 316. The molecule has 168 valence electrons. The maximum absolute atomic E-state index is 5.86. The molecule has 0 aromatic rings. The molecule has 0 aromatic heterocycles. The van der Waals surface area contributed by atoms with Crippen molar-refractivity contribution in [1.82, 2.24) is 0 Å². The minimum absolute atomic E-state index is 0.912. The Labute approximate surface area is 177 Å². The highest BCUT2D eigenvalue weighted by molar-refractivity contribution is 4.50. The Hall–Kier alpha value is -0.120. The fraction of sp³-hybridized carbons (Fsp3) is 1.00. The van der Waals surface area contributed by atoms with Crippen LogP contribution in [0.15, 0.2) is 0 Å². The van der Waals surface area contributed by atoms with Gasteiger partial charge < -0.3 is 14.0 Å². The molecular weight excluding hydrogens is 346 g/mol. The van der Waals surface area contributed by atoms with Crippen molar-refractivity contribution in [2.24, 2.45) is 0 Å². The van der Waals surface area contributed by atoms with Gasteiger partial charge in [-0.05, 0) is 6.42 Å². The summed E-state index contributed by atoms with van der Waals surface area (Å²) in [4.78, 5) is 0. The summed E-state index contributed by atoms with van der Waals surface area (Å²) in [6.07, 6.45) is 22.8. The number of likely N-dealkylation sites (N-methyl/N-ethyl adjacent to an activating group) is 1. The molecular formula is C25H52NO2+. The van der Waals surface area contributed by atoms with Gasteiger partial charge in [-0.15, -0.1) is 0 Å². The van der Waals surface area contributed by atoms with E-state index in [1.807, 2.05) is 0 Å². The zero-order valence-corrected chi connectivity index (χ0v) is 19.5. The molecule has 1 heterocycles. The van der Waals surface area contributed by atoms with Crippen molar-refractivity contribution in [3.05, 3.63) is 0 Å². The molecule has 0 atom stereocenters. The number of nitrogens with zero attached hydrogens (tertiary/aromatic N) is 1. The molecule has 1 aliphatic rings. The standard InChI is InChI=1S/C25H52NO2/c1-3-4-5-6-7-8-9-10-11-12-13-14-15-16-17-18-22-27-23-19-26(2)20-24-28-25-21-26/h3-25H2,1-2H3/q+1. The van der Waals surface area contributed by atoms with Crippen LogP contribution < -0.4 is 0 Å². The summed E-state index contributed by atoms with van der Waals surface area (Å²) in [7, 11) is 2.33. The Balaban J connectivity index is 1.69. The van der Waals surface area contributed by atoms with Gasteiger partial charge in [-0.1, -0.05) is 103 Å². The van der Waals surface area contributed by atoms with Gasteiger partial charge in [0.05, 0.1) is 26.9 Å². The average molecular weight is 399 g/mol. The predicted molar refractivity (Wildman–Crippen MR) is 122 cm³/mol. The van der Waals surface area contributed by atoms with Crippen LogP contribution in [0.3, 0.4) is 0 Å². The van der Waals surface area contributed by atoms with Gasteiger partial charge in [-0.25, -0.2) is 0 Å². The molecule has 1 aliphatic heterocycles. The summed E-state index contributed by atoms with van der Waals surface area (Å²) in [5.41, 5.74) is 0. The number of rotatable bonds is 20. The van der Waals surface area contributed by atoms with Crippen molar-refractivity contribution in [3.63, 3.8) is 0 Å². The summed E-state index contributed by atoms with van der Waals surface area (Å²) in [6.45, 7) is 9.41. The van der Waals surface area contributed by atoms with E-state index in [2.05, 4.69) is 14.0 Å². The van der Waals surface area contributed by atoms with Gasteiger partial charge in [-0.2, -0.15) is 0 Å². The third-order valence-electron chi connectivity index (χ3n) is 6.47. The monoisotopic (exact) mass is 398 g/mol. The van der Waals surface area contributed by atoms with Crippen molar-refractivity contribution >= 4 is 0 Å². The minimum Gasteiger partial charge on any atom is -0.376 e. The first-order valence-electron chi connectivity index (χ1n) is 12.8. The first kappa shape index (κ1) is 25.9. The Kier molecular flexibility index (Phi) is 17.5. The van der Waals surface area contributed by atoms with E-state index in [4.69, 9.17) is 9.47 Å². The minimum atomic E-state index is 0.912. The Morgan fingerprint density at radius 3 is 1.50 bits per heavy atom. The fourth-order valence-electron chi connectivity index (χ4n) is 4.15. The lowest BCUT2D eigenvalue weighted by Gasteiger charge is -2.37. The van der Waals surface area contributed by atoms with Gasteiger partial charge in [0, 0.05) is 6.61 Å². The van der Waals surface area contributed by atoms with Gasteiger partial charge in [-0.3, -0.25) is 0 Å². The number of ether oxygens (including phenoxy) is 2. The highest BCUT2D eigenvalue weighted by atomic mass is 16.5. The van der Waals surface area contributed by atoms with Crippen LogP contribution in [0.2, 0.25) is 0 Å². The van der Waals surface area contributed by atoms with E-state index >= 15 is 0 Å². The normalized spacial score (nSPS) is 16.5. The van der Waals surface area contributed by atoms with E-state index in [0.29, 0.717) is 0 Å². The highest BCUT2D eigenvalue weighted by Gasteiger charge is 2.24. The lowest BCUT2D eigenvalue weighted by Crippen LogP contribution is -2.53. The van der Waals surface area contributed by atoms with E-state index in [1.165, 1.54) is 103 Å². The first-order valence-corrected chi connectivity index (χ1v) is 12.8. The highest BCUT2D eigenvalue weighted by Crippen LogP contribution is 2.14. The third kappa shape index (κ3) is 15.8. The van der Waals surface area contributed by atoms with Crippen molar-refractivity contribution in [2.75, 3.05) is 53.1 Å². The second-order valence-electron chi connectivity index (χ2n) is 9.32. The molecule has 0 bridgehead atoms. The molecule has 0 N–H and O–H groups in total. The molecule has 0 saturated carbocycles. The molecule has 0 radical (unpaired) electrons. The number of unbranched alkanes of at least 4 members (excludes halogenated alkanes) is 15. The quantitative estimate of drug-likeness (QED) is 0.167. The molecule has 0 aliphatic carbocycles. The molecule has 0 amide bonds. The smallest absolute Gasteiger partial charge is 0.102 e. The van der Waals surface area contributed by atoms with E-state index in [-0.39, 0.29) is 0 Å². The van der Waals surface area contributed by atoms with E-state index in [1.54, 1.807) is 0 Å². The number of hydrogen-bond donors (Lipinski definition) is 0. The summed E-state index contributed by atoms with van der Waals surface area (Å²) < 4.78 is 12.4. The van der Waals surface area contributed by atoms with E-state index < -0.39 is 0 Å². The largest absolute Gasteiger partial charge is 0.376 e. The van der Waals surface area contributed by atoms with Crippen LogP contribution in [0.5, 0.6) is 0 Å². The van der Waals surface area contributed by atoms with Crippen LogP contribution in [0, 0.1) is 0 Å². The number of morpholine rings is 1. The van der Waals surface area contributed by atoms with Crippen molar-refractivity contribution < 1.29 is 14.0 Å². The molecule has 1 saturated heterocycles. The van der Waals surface area contributed by atoms with Gasteiger partial charge in [0.25, 0.3) is 0 Å². The number of quaternary nitrogens is 1. The Morgan fingerprint density at radius 2 is 1.04 bits per heavy atom. The fourth-order valence-corrected chi connectivity index (χ4v) is 4.15. The lowest BCUT2D eigenvalue weighted by atomic mass is 10.0. The molecule has 3 nitrogen and oxygen atoms in total. The van der Waals surface area contributed by atoms with Gasteiger partial charge in [0.15, 0.2) is 0 Å². The molecule has 0 aromatic carbocycles. The zero-order valence-electron chi connectivity index (χ0n) is 19.5. The van der Waals surface area contributed by atoms with Crippen LogP contribution in [-0.2, 0) is 9.47 Å². The van der Waals surface area contributed by atoms with E-state index in [0.717, 1.165) is 50.5 Å². The second-order valence-corrected chi connectivity index (χ2v) is 9.32. The zero-order chi connectivity index (χ0) is 20.2. The summed E-state index contributed by atoms with van der Waals surface area (Å²) in [5.74, 6) is 0. The molecule has 1 rings (SSSR count). The molecule has 0 spiro atoms. The van der Waals surface area contributed by atoms with Crippen LogP contribution in [-0.4, -0.2) is 57.6 Å². The van der Waals surface area contributed by atoms with Crippen LogP contribution in [0.25, 0.3) is 0 Å². The molecule has 28 heavy (non-hydrogen) atoms. The van der Waals surface area contributed by atoms with E-state index in [9.17, 15) is 0 Å². The number of hydrogen-bond acceptors (Lipinski definition) is 2. The predicted octanol–water partition coefficient (Wildman–Crippen LogP) is 6.74. The molecule has 1 fully saturated rings. The van der Waals surface area contributed by atoms with Crippen LogP contribution in [0.4, 0.5) is 0 Å². The lowest BCUT2D eigenvalue weighted by molar-refractivity contribution is -0.917. The third-order valence-corrected chi connectivity index (χ3v) is 6.47. The topological polar surface area (TPSA) is 18.5 Å². The van der Waals surface area contributed by atoms with Crippen LogP contribution >= 0.6 is 0 Å². The van der Waals surface area contributed by atoms with Gasteiger partial charge in [0.2, 0.25) is 0 Å². The van der Waals surface area contributed by atoms with Gasteiger partial charge >= 0.3 is 0 Å². The van der Waals surface area contributed by atoms with Gasteiger partial charge in [0.1, 0.15) is 19.6 Å². The van der Waals surface area contributed by atoms with Crippen molar-refractivity contribution in [1.29, 1.82) is 0 Å². The SMILES string of the molecule is CCCCCCCCCCCCCCCCCCOCC[N+]1(C)CCOCC1. The van der Waals surface area contributed by atoms with Crippen molar-refractivity contribution in [2.45, 2.75) is 110 Å². The maximum atomic E-state index is 5.86. The maximum Gasteiger partial charge on any atom is 0.102 e. The summed E-state index contributed by atoms with van der Waals surface area (Å²) >= 11 is 0. The van der Waals surface area contributed by atoms with Crippen molar-refractivity contribution in [3.8, 4) is 0 Å². The summed E-state index contributed by atoms with van der Waals surface area (Å²) in [6, 6.07) is 0. The first-order chi connectivity index (χ1) is 13.8. The average Bonchev–Trinajstić information content (AvgIpc) is 2.70. The Morgan fingerprint density at radius 1 is 0.607 bits per heavy atom. The summed E-state index contributed by atoms with van der Waals surface area (Å²) in [5, 5.41) is 0. The van der Waals surface area contributed by atoms with Crippen LogP contribution in [0.1, 0.15) is 110 Å². The second kappa shape index (κ2) is 18.9. The molecule has 3 heteroatoms. The molecule has 0 unspecified atom stereocenters.